The predicted octanol–water partition coefficient (Wildman–Crippen LogP) is 5.31. The van der Waals surface area contributed by atoms with Gasteiger partial charge in [-0.2, -0.15) is 5.10 Å². The molecule has 182 valence electrons. The van der Waals surface area contributed by atoms with Crippen LogP contribution >= 0.6 is 0 Å². The molecule has 2 heterocycles. The Morgan fingerprint density at radius 2 is 1.53 bits per heavy atom. The molecule has 1 fully saturated rings. The van der Waals surface area contributed by atoms with E-state index in [0.717, 1.165) is 29.1 Å². The number of hydrogen-bond donors (Lipinski definition) is 1. The second-order valence-electron chi connectivity index (χ2n) is 8.71. The van der Waals surface area contributed by atoms with Crippen molar-refractivity contribution < 1.29 is 18.4 Å². The molecule has 1 aliphatic heterocycles. The first kappa shape index (κ1) is 23.4. The average Bonchev–Trinajstić information content (AvgIpc) is 3.33. The van der Waals surface area contributed by atoms with Crippen LogP contribution in [0.5, 0.6) is 0 Å². The van der Waals surface area contributed by atoms with Gasteiger partial charge in [0.05, 0.1) is 16.9 Å². The van der Waals surface area contributed by atoms with Gasteiger partial charge in [-0.1, -0.05) is 48.5 Å². The molecule has 3 aromatic carbocycles. The molecule has 1 aromatic heterocycles. The summed E-state index contributed by atoms with van der Waals surface area (Å²) >= 11 is 0. The number of halogens is 2. The minimum Gasteiger partial charge on any atom is -0.339 e. The van der Waals surface area contributed by atoms with Gasteiger partial charge >= 0.3 is 0 Å². The third kappa shape index (κ3) is 4.88. The summed E-state index contributed by atoms with van der Waals surface area (Å²) in [6.07, 6.45) is 0.872. The summed E-state index contributed by atoms with van der Waals surface area (Å²) in [4.78, 5) is 27.4. The Morgan fingerprint density at radius 1 is 0.861 bits per heavy atom. The zero-order valence-electron chi connectivity index (χ0n) is 19.4. The normalized spacial score (nSPS) is 14.0. The van der Waals surface area contributed by atoms with Gasteiger partial charge in [-0.3, -0.25) is 9.59 Å². The van der Waals surface area contributed by atoms with Crippen LogP contribution in [0.4, 0.5) is 14.6 Å². The second-order valence-corrected chi connectivity index (χ2v) is 8.71. The Bertz CT molecular complexity index is 1380. The summed E-state index contributed by atoms with van der Waals surface area (Å²) < 4.78 is 28.9. The van der Waals surface area contributed by atoms with Crippen molar-refractivity contribution in [3.8, 4) is 16.9 Å². The van der Waals surface area contributed by atoms with Crippen LogP contribution in [0.2, 0.25) is 0 Å². The lowest BCUT2D eigenvalue weighted by atomic mass is 9.95. The van der Waals surface area contributed by atoms with Gasteiger partial charge in [0.2, 0.25) is 5.91 Å². The van der Waals surface area contributed by atoms with Crippen molar-refractivity contribution in [2.75, 3.05) is 18.4 Å². The highest BCUT2D eigenvalue weighted by molar-refractivity contribution is 5.95. The molecular formula is C28H24F2N4O2. The summed E-state index contributed by atoms with van der Waals surface area (Å²) in [5, 5.41) is 7.74. The molecule has 0 radical (unpaired) electrons. The smallest absolute Gasteiger partial charge is 0.256 e. The fourth-order valence-electron chi connectivity index (χ4n) is 4.39. The lowest BCUT2D eigenvalue weighted by Gasteiger charge is -2.31. The van der Waals surface area contributed by atoms with E-state index in [1.807, 2.05) is 66.7 Å². The van der Waals surface area contributed by atoms with E-state index in [-0.39, 0.29) is 17.4 Å². The van der Waals surface area contributed by atoms with Crippen molar-refractivity contribution in [3.63, 3.8) is 0 Å². The molecule has 36 heavy (non-hydrogen) atoms. The first-order chi connectivity index (χ1) is 17.5. The van der Waals surface area contributed by atoms with Crippen LogP contribution in [0.25, 0.3) is 16.9 Å². The summed E-state index contributed by atoms with van der Waals surface area (Å²) in [5.74, 6) is -2.04. The monoisotopic (exact) mass is 486 g/mol. The molecule has 6 nitrogen and oxygen atoms in total. The number of para-hydroxylation sites is 1. The number of carbonyl (C=O) groups is 2. The number of benzene rings is 3. The first-order valence-electron chi connectivity index (χ1n) is 11.8. The number of amides is 2. The Labute approximate surface area is 207 Å². The van der Waals surface area contributed by atoms with E-state index in [1.165, 1.54) is 4.90 Å². The number of likely N-dealkylation sites (tertiary alicyclic amines) is 1. The number of anilines is 1. The van der Waals surface area contributed by atoms with E-state index in [2.05, 4.69) is 5.32 Å². The van der Waals surface area contributed by atoms with Gasteiger partial charge in [0.15, 0.2) is 0 Å². The van der Waals surface area contributed by atoms with Crippen LogP contribution in [-0.4, -0.2) is 39.6 Å². The molecule has 0 unspecified atom stereocenters. The van der Waals surface area contributed by atoms with Gasteiger partial charge in [0.1, 0.15) is 17.5 Å². The molecule has 0 aliphatic carbocycles. The predicted molar refractivity (Wildman–Crippen MR) is 133 cm³/mol. The third-order valence-corrected chi connectivity index (χ3v) is 6.35. The third-order valence-electron chi connectivity index (χ3n) is 6.35. The number of carbonyl (C=O) groups excluding carboxylic acids is 2. The van der Waals surface area contributed by atoms with E-state index in [1.54, 1.807) is 4.68 Å². The van der Waals surface area contributed by atoms with Gasteiger partial charge in [0.25, 0.3) is 5.91 Å². The molecule has 0 spiro atoms. The van der Waals surface area contributed by atoms with Crippen LogP contribution in [0.3, 0.4) is 0 Å². The van der Waals surface area contributed by atoms with E-state index in [9.17, 15) is 18.4 Å². The number of rotatable bonds is 5. The fraction of sp³-hybridized carbons (Fsp3) is 0.179. The molecule has 1 N–H and O–H groups in total. The lowest BCUT2D eigenvalue weighted by molar-refractivity contribution is -0.121. The van der Waals surface area contributed by atoms with Crippen molar-refractivity contribution in [2.24, 2.45) is 5.92 Å². The SMILES string of the molecule is O=C(Nc1cc(-c2ccccc2)nn1-c1ccccc1)C1CCN(C(=O)c2ccc(F)cc2F)CC1. The van der Waals surface area contributed by atoms with Crippen molar-refractivity contribution in [1.29, 1.82) is 0 Å². The van der Waals surface area contributed by atoms with Crippen LogP contribution in [0.1, 0.15) is 23.2 Å². The summed E-state index contributed by atoms with van der Waals surface area (Å²) in [6, 6.07) is 24.0. The van der Waals surface area contributed by atoms with Crippen LogP contribution in [0.15, 0.2) is 84.9 Å². The highest BCUT2D eigenvalue weighted by Crippen LogP contribution is 2.27. The van der Waals surface area contributed by atoms with Crippen LogP contribution in [0, 0.1) is 17.6 Å². The van der Waals surface area contributed by atoms with Crippen molar-refractivity contribution >= 4 is 17.6 Å². The Kier molecular flexibility index (Phi) is 6.58. The Balaban J connectivity index is 1.30. The van der Waals surface area contributed by atoms with Crippen molar-refractivity contribution in [3.05, 3.63) is 102 Å². The highest BCUT2D eigenvalue weighted by atomic mass is 19.1. The number of hydrogen-bond acceptors (Lipinski definition) is 3. The number of piperidine rings is 1. The van der Waals surface area contributed by atoms with Crippen molar-refractivity contribution in [2.45, 2.75) is 12.8 Å². The quantitative estimate of drug-likeness (QED) is 0.416. The Hall–Kier alpha value is -4.33. The molecule has 0 saturated carbocycles. The molecular weight excluding hydrogens is 462 g/mol. The zero-order chi connectivity index (χ0) is 25.1. The number of nitrogens with one attached hydrogen (secondary N) is 1. The standard InChI is InChI=1S/C28H24F2N4O2/c29-21-11-12-23(24(30)17-21)28(36)33-15-13-20(14-16-33)27(35)31-26-18-25(19-7-3-1-4-8-19)32-34(26)22-9-5-2-6-10-22/h1-12,17-18,20H,13-16H2,(H,31,35). The minimum absolute atomic E-state index is 0.160. The maximum Gasteiger partial charge on any atom is 0.256 e. The lowest BCUT2D eigenvalue weighted by Crippen LogP contribution is -2.41. The molecule has 0 atom stereocenters. The van der Waals surface area contributed by atoms with E-state index < -0.39 is 17.5 Å². The van der Waals surface area contributed by atoms with E-state index in [4.69, 9.17) is 5.10 Å². The van der Waals surface area contributed by atoms with E-state index in [0.29, 0.717) is 37.8 Å². The first-order valence-corrected chi connectivity index (χ1v) is 11.8. The topological polar surface area (TPSA) is 67.2 Å². The van der Waals surface area contributed by atoms with Gasteiger partial charge in [-0.25, -0.2) is 13.5 Å². The van der Waals surface area contributed by atoms with Gasteiger partial charge in [-0.05, 0) is 37.1 Å². The van der Waals surface area contributed by atoms with Crippen molar-refractivity contribution in [1.82, 2.24) is 14.7 Å². The molecule has 1 aliphatic rings. The minimum atomic E-state index is -0.886. The highest BCUT2D eigenvalue weighted by Gasteiger charge is 2.29. The van der Waals surface area contributed by atoms with Gasteiger partial charge < -0.3 is 10.2 Å². The second kappa shape index (κ2) is 10.1. The molecule has 8 heteroatoms. The number of nitrogens with zero attached hydrogens (tertiary/aromatic N) is 3. The summed E-state index contributed by atoms with van der Waals surface area (Å²) in [7, 11) is 0. The molecule has 4 aromatic rings. The maximum absolute atomic E-state index is 14.0. The van der Waals surface area contributed by atoms with E-state index >= 15 is 0 Å². The van der Waals surface area contributed by atoms with Gasteiger partial charge in [-0.15, -0.1) is 0 Å². The molecule has 1 saturated heterocycles. The van der Waals surface area contributed by atoms with Gasteiger partial charge in [0, 0.05) is 36.7 Å². The zero-order valence-corrected chi connectivity index (χ0v) is 19.4. The van der Waals surface area contributed by atoms with Crippen LogP contribution < -0.4 is 5.32 Å². The van der Waals surface area contributed by atoms with Crippen LogP contribution in [-0.2, 0) is 4.79 Å². The Morgan fingerprint density at radius 3 is 2.19 bits per heavy atom. The fourth-order valence-corrected chi connectivity index (χ4v) is 4.39. The molecule has 0 bridgehead atoms. The summed E-state index contributed by atoms with van der Waals surface area (Å²) in [6.45, 7) is 0.613. The number of aromatic nitrogens is 2. The molecule has 5 rings (SSSR count). The average molecular weight is 487 g/mol. The molecule has 2 amide bonds. The largest absolute Gasteiger partial charge is 0.339 e. The maximum atomic E-state index is 14.0. The summed E-state index contributed by atoms with van der Waals surface area (Å²) in [5.41, 5.74) is 2.32.